The maximum Gasteiger partial charge on any atom is 0.304 e. The molecule has 0 fully saturated rings. The van der Waals surface area contributed by atoms with Crippen LogP contribution in [0.4, 0.5) is 0 Å². The molecule has 1 aromatic carbocycles. The number of nitrogens with two attached hydrogens (primary N) is 1. The van der Waals surface area contributed by atoms with Gasteiger partial charge in [0, 0.05) is 5.56 Å². The van der Waals surface area contributed by atoms with Gasteiger partial charge in [0.1, 0.15) is 0 Å². The van der Waals surface area contributed by atoms with Crippen molar-refractivity contribution >= 4 is 18.9 Å². The largest absolute Gasteiger partial charge is 0.449 e. The van der Waals surface area contributed by atoms with Gasteiger partial charge >= 0.3 is 7.48 Å². The van der Waals surface area contributed by atoms with Crippen LogP contribution >= 0.6 is 0 Å². The van der Waals surface area contributed by atoms with Gasteiger partial charge in [-0.25, -0.2) is 0 Å². The van der Waals surface area contributed by atoms with E-state index in [9.17, 15) is 4.79 Å². The molecule has 0 heterocycles. The molecule has 1 aromatic rings. The molecule has 0 atom stereocenters. The zero-order chi connectivity index (χ0) is 8.27. The SMILES string of the molecule is NC(=O)c1ccc(BO)cc1. The summed E-state index contributed by atoms with van der Waals surface area (Å²) in [5, 5.41) is 8.65. The molecular formula is C7H8BNO2. The summed E-state index contributed by atoms with van der Waals surface area (Å²) >= 11 is 0. The van der Waals surface area contributed by atoms with Crippen LogP contribution in [0.25, 0.3) is 0 Å². The van der Waals surface area contributed by atoms with Crippen molar-refractivity contribution in [3.05, 3.63) is 29.8 Å². The molecule has 0 spiro atoms. The Morgan fingerprint density at radius 2 is 1.91 bits per heavy atom. The Hall–Kier alpha value is -1.29. The monoisotopic (exact) mass is 149 g/mol. The lowest BCUT2D eigenvalue weighted by Crippen LogP contribution is -2.16. The van der Waals surface area contributed by atoms with E-state index in [1.54, 1.807) is 24.3 Å². The first-order valence-corrected chi connectivity index (χ1v) is 3.23. The molecule has 3 nitrogen and oxygen atoms in total. The summed E-state index contributed by atoms with van der Waals surface area (Å²) in [4.78, 5) is 10.6. The number of carbonyl (C=O) groups excluding carboxylic acids is 1. The van der Waals surface area contributed by atoms with E-state index in [-0.39, 0.29) is 7.48 Å². The first-order chi connectivity index (χ1) is 5.24. The molecule has 0 aliphatic heterocycles. The second kappa shape index (κ2) is 3.21. The molecule has 0 radical (unpaired) electrons. The van der Waals surface area contributed by atoms with Crippen molar-refractivity contribution in [3.63, 3.8) is 0 Å². The molecule has 0 aromatic heterocycles. The molecule has 0 unspecified atom stereocenters. The summed E-state index contributed by atoms with van der Waals surface area (Å²) < 4.78 is 0. The fraction of sp³-hybridized carbons (Fsp3) is 0. The van der Waals surface area contributed by atoms with Crippen LogP contribution in [-0.2, 0) is 0 Å². The lowest BCUT2D eigenvalue weighted by Gasteiger charge is -1.95. The van der Waals surface area contributed by atoms with Gasteiger partial charge in [-0.3, -0.25) is 4.79 Å². The van der Waals surface area contributed by atoms with E-state index in [2.05, 4.69) is 0 Å². The first kappa shape index (κ1) is 7.82. The minimum Gasteiger partial charge on any atom is -0.449 e. The van der Waals surface area contributed by atoms with Crippen LogP contribution in [-0.4, -0.2) is 18.4 Å². The predicted octanol–water partition coefficient (Wildman–Crippen LogP) is -1.25. The Bertz CT molecular complexity index is 258. The van der Waals surface area contributed by atoms with Crippen LogP contribution in [0.1, 0.15) is 10.4 Å². The highest BCUT2D eigenvalue weighted by molar-refractivity contribution is 6.45. The molecule has 56 valence electrons. The molecule has 0 aliphatic carbocycles. The van der Waals surface area contributed by atoms with E-state index < -0.39 is 5.91 Å². The summed E-state index contributed by atoms with van der Waals surface area (Å²) in [6.45, 7) is 0. The number of benzene rings is 1. The summed E-state index contributed by atoms with van der Waals surface area (Å²) in [5.74, 6) is -0.450. The number of hydrogen-bond acceptors (Lipinski definition) is 2. The highest BCUT2D eigenvalue weighted by Gasteiger charge is 1.98. The molecule has 11 heavy (non-hydrogen) atoms. The van der Waals surface area contributed by atoms with E-state index in [4.69, 9.17) is 10.8 Å². The number of rotatable bonds is 2. The minimum atomic E-state index is -0.450. The fourth-order valence-electron chi connectivity index (χ4n) is 0.774. The smallest absolute Gasteiger partial charge is 0.304 e. The molecule has 1 amide bonds. The number of primary amides is 1. The van der Waals surface area contributed by atoms with Gasteiger partial charge in [-0.05, 0) is 12.1 Å². The van der Waals surface area contributed by atoms with Crippen molar-refractivity contribution in [2.24, 2.45) is 5.73 Å². The van der Waals surface area contributed by atoms with Gasteiger partial charge in [0.05, 0.1) is 0 Å². The lowest BCUT2D eigenvalue weighted by molar-refractivity contribution is 0.100. The summed E-state index contributed by atoms with van der Waals surface area (Å²) in [5.41, 5.74) is 6.24. The Kier molecular flexibility index (Phi) is 2.28. The van der Waals surface area contributed by atoms with Crippen molar-refractivity contribution < 1.29 is 9.82 Å². The summed E-state index contributed by atoms with van der Waals surface area (Å²) in [7, 11) is -0.0148. The fourth-order valence-corrected chi connectivity index (χ4v) is 0.774. The Labute approximate surface area is 65.1 Å². The maximum atomic E-state index is 10.6. The van der Waals surface area contributed by atoms with Gasteiger partial charge in [0.15, 0.2) is 0 Å². The number of carbonyl (C=O) groups is 1. The van der Waals surface area contributed by atoms with Crippen molar-refractivity contribution in [2.75, 3.05) is 0 Å². The molecule has 4 heteroatoms. The highest BCUT2D eigenvalue weighted by atomic mass is 16.2. The van der Waals surface area contributed by atoms with Crippen molar-refractivity contribution in [3.8, 4) is 0 Å². The van der Waals surface area contributed by atoms with E-state index in [0.717, 1.165) is 5.46 Å². The van der Waals surface area contributed by atoms with E-state index >= 15 is 0 Å². The van der Waals surface area contributed by atoms with Gasteiger partial charge in [-0.1, -0.05) is 17.6 Å². The zero-order valence-electron chi connectivity index (χ0n) is 5.95. The van der Waals surface area contributed by atoms with Crippen molar-refractivity contribution in [1.29, 1.82) is 0 Å². The molecular weight excluding hydrogens is 141 g/mol. The third kappa shape index (κ3) is 1.81. The molecule has 0 bridgehead atoms. The van der Waals surface area contributed by atoms with Gasteiger partial charge in [0.2, 0.25) is 5.91 Å². The van der Waals surface area contributed by atoms with Crippen LogP contribution in [0.5, 0.6) is 0 Å². The lowest BCUT2D eigenvalue weighted by atomic mass is 9.88. The van der Waals surface area contributed by atoms with E-state index in [1.165, 1.54) is 0 Å². The van der Waals surface area contributed by atoms with Crippen LogP contribution < -0.4 is 11.2 Å². The predicted molar refractivity (Wildman–Crippen MR) is 44.0 cm³/mol. The number of hydrogen-bond donors (Lipinski definition) is 2. The van der Waals surface area contributed by atoms with Gasteiger partial charge in [-0.15, -0.1) is 0 Å². The molecule has 0 saturated heterocycles. The quantitative estimate of drug-likeness (QED) is 0.516. The Morgan fingerprint density at radius 1 is 1.36 bits per heavy atom. The van der Waals surface area contributed by atoms with Crippen LogP contribution in [0.3, 0.4) is 0 Å². The molecule has 0 aliphatic rings. The standard InChI is InChI=1S/C7H8BNO2/c9-7(10)5-1-3-6(8-11)4-2-5/h1-4,8,11H,(H2,9,10). The second-order valence-electron chi connectivity index (χ2n) is 2.22. The summed E-state index contributed by atoms with van der Waals surface area (Å²) in [6.07, 6.45) is 0. The average Bonchev–Trinajstić information content (AvgIpc) is 2.05. The molecule has 0 saturated carbocycles. The summed E-state index contributed by atoms with van der Waals surface area (Å²) in [6, 6.07) is 6.52. The molecule has 1 rings (SSSR count). The van der Waals surface area contributed by atoms with Crippen molar-refractivity contribution in [2.45, 2.75) is 0 Å². The highest BCUT2D eigenvalue weighted by Crippen LogP contribution is 1.93. The zero-order valence-corrected chi connectivity index (χ0v) is 5.95. The molecule has 3 N–H and O–H groups in total. The third-order valence-corrected chi connectivity index (χ3v) is 1.42. The van der Waals surface area contributed by atoms with Gasteiger partial charge in [0.25, 0.3) is 0 Å². The maximum absolute atomic E-state index is 10.6. The average molecular weight is 149 g/mol. The minimum absolute atomic E-state index is 0.0148. The Morgan fingerprint density at radius 3 is 2.27 bits per heavy atom. The topological polar surface area (TPSA) is 63.3 Å². The normalized spacial score (nSPS) is 9.18. The van der Waals surface area contributed by atoms with E-state index in [1.807, 2.05) is 0 Å². The van der Waals surface area contributed by atoms with E-state index in [0.29, 0.717) is 5.56 Å². The second-order valence-corrected chi connectivity index (χ2v) is 2.22. The van der Waals surface area contributed by atoms with Crippen LogP contribution in [0.15, 0.2) is 24.3 Å². The Balaban J connectivity index is 2.91. The van der Waals surface area contributed by atoms with Gasteiger partial charge in [-0.2, -0.15) is 0 Å². The number of amides is 1. The van der Waals surface area contributed by atoms with Crippen LogP contribution in [0.2, 0.25) is 0 Å². The van der Waals surface area contributed by atoms with Crippen molar-refractivity contribution in [1.82, 2.24) is 0 Å². The van der Waals surface area contributed by atoms with Crippen LogP contribution in [0, 0.1) is 0 Å². The van der Waals surface area contributed by atoms with Gasteiger partial charge < -0.3 is 10.8 Å². The third-order valence-electron chi connectivity index (χ3n) is 1.42. The first-order valence-electron chi connectivity index (χ1n) is 3.23.